The average Bonchev–Trinajstić information content (AvgIpc) is 3.22. The van der Waals surface area contributed by atoms with Gasteiger partial charge in [-0.2, -0.15) is 0 Å². The van der Waals surface area contributed by atoms with E-state index in [-0.39, 0.29) is 0 Å². The highest BCUT2D eigenvalue weighted by atomic mass is 32.2. The van der Waals surface area contributed by atoms with Gasteiger partial charge in [-0.25, -0.2) is 13.4 Å². The molecule has 1 aromatic carbocycles. The molecule has 124 valence electrons. The molecule has 1 N–H and O–H groups in total. The summed E-state index contributed by atoms with van der Waals surface area (Å²) >= 11 is 3.00. The third-order valence-electron chi connectivity index (χ3n) is 3.69. The third kappa shape index (κ3) is 2.97. The van der Waals surface area contributed by atoms with Gasteiger partial charge in [-0.3, -0.25) is 4.72 Å². The molecule has 0 unspecified atom stereocenters. The number of nitrogens with one attached hydrogen (secondary N) is 1. The number of aromatic nitrogens is 2. The summed E-state index contributed by atoms with van der Waals surface area (Å²) in [5.41, 5.74) is 2.31. The van der Waals surface area contributed by atoms with Crippen molar-refractivity contribution in [1.82, 2.24) is 9.55 Å². The Labute approximate surface area is 148 Å². The molecule has 24 heavy (non-hydrogen) atoms. The first-order valence-electron chi connectivity index (χ1n) is 7.41. The second-order valence-electron chi connectivity index (χ2n) is 5.50. The van der Waals surface area contributed by atoms with Crippen molar-refractivity contribution in [2.24, 2.45) is 0 Å². The number of thioether (sulfide) groups is 1. The molecule has 0 aliphatic carbocycles. The number of thiophene rings is 1. The molecule has 0 amide bonds. The fourth-order valence-corrected chi connectivity index (χ4v) is 5.83. The smallest absolute Gasteiger partial charge is 0.271 e. The first kappa shape index (κ1) is 15.7. The van der Waals surface area contributed by atoms with Crippen molar-refractivity contribution in [2.75, 3.05) is 10.5 Å². The van der Waals surface area contributed by atoms with E-state index in [9.17, 15) is 8.42 Å². The maximum Gasteiger partial charge on any atom is 0.271 e. The minimum Gasteiger partial charge on any atom is -0.325 e. The van der Waals surface area contributed by atoms with Crippen molar-refractivity contribution >= 4 is 38.8 Å². The first-order chi connectivity index (χ1) is 11.5. The van der Waals surface area contributed by atoms with Gasteiger partial charge in [0.05, 0.1) is 5.69 Å². The Morgan fingerprint density at radius 3 is 2.88 bits per heavy atom. The summed E-state index contributed by atoms with van der Waals surface area (Å²) in [6.45, 7) is 2.86. The van der Waals surface area contributed by atoms with Crippen molar-refractivity contribution in [3.8, 4) is 11.3 Å². The predicted octanol–water partition coefficient (Wildman–Crippen LogP) is 3.83. The van der Waals surface area contributed by atoms with Gasteiger partial charge in [0.25, 0.3) is 10.0 Å². The van der Waals surface area contributed by atoms with Gasteiger partial charge < -0.3 is 4.57 Å². The molecule has 8 heteroatoms. The van der Waals surface area contributed by atoms with Crippen LogP contribution in [0.3, 0.4) is 0 Å². The summed E-state index contributed by atoms with van der Waals surface area (Å²) in [4.78, 5) is 5.58. The lowest BCUT2D eigenvalue weighted by molar-refractivity contribution is 0.603. The van der Waals surface area contributed by atoms with Gasteiger partial charge in [0.15, 0.2) is 5.16 Å². The number of hydrogen-bond donors (Lipinski definition) is 1. The Morgan fingerprint density at radius 2 is 2.12 bits per heavy atom. The molecule has 3 heterocycles. The van der Waals surface area contributed by atoms with E-state index < -0.39 is 10.0 Å². The monoisotopic (exact) mass is 377 g/mol. The maximum atomic E-state index is 12.5. The Kier molecular flexibility index (Phi) is 3.90. The Bertz CT molecular complexity index is 984. The second kappa shape index (κ2) is 5.94. The fourth-order valence-electron chi connectivity index (χ4n) is 2.55. The average molecular weight is 378 g/mol. The molecule has 0 bridgehead atoms. The van der Waals surface area contributed by atoms with Crippen LogP contribution in [0.2, 0.25) is 0 Å². The van der Waals surface area contributed by atoms with E-state index in [4.69, 9.17) is 0 Å². The van der Waals surface area contributed by atoms with Crippen molar-refractivity contribution in [2.45, 2.75) is 22.8 Å². The van der Waals surface area contributed by atoms with Crippen molar-refractivity contribution < 1.29 is 8.42 Å². The van der Waals surface area contributed by atoms with Crippen LogP contribution in [0.5, 0.6) is 0 Å². The molecule has 0 saturated carbocycles. The number of benzene rings is 1. The zero-order chi connectivity index (χ0) is 16.7. The molecule has 4 rings (SSSR count). The number of rotatable bonds is 4. The van der Waals surface area contributed by atoms with Gasteiger partial charge in [-0.05, 0) is 31.2 Å². The molecular weight excluding hydrogens is 362 g/mol. The van der Waals surface area contributed by atoms with E-state index in [1.54, 1.807) is 30.0 Å². The summed E-state index contributed by atoms with van der Waals surface area (Å²) < 4.78 is 30.0. The number of hydrogen-bond acceptors (Lipinski definition) is 5. The summed E-state index contributed by atoms with van der Waals surface area (Å²) in [5.74, 6) is 1.06. The molecule has 3 aromatic rings. The van der Waals surface area contributed by atoms with Gasteiger partial charge in [-0.15, -0.1) is 11.3 Å². The molecule has 0 radical (unpaired) electrons. The lowest BCUT2D eigenvalue weighted by Crippen LogP contribution is -2.11. The summed E-state index contributed by atoms with van der Waals surface area (Å²) in [5, 5.41) is 1.02. The minimum atomic E-state index is -3.55. The molecule has 0 fully saturated rings. The van der Waals surface area contributed by atoms with Gasteiger partial charge >= 0.3 is 0 Å². The van der Waals surface area contributed by atoms with Crippen LogP contribution >= 0.6 is 23.1 Å². The molecule has 1 aliphatic heterocycles. The largest absolute Gasteiger partial charge is 0.325 e. The topological polar surface area (TPSA) is 64.0 Å². The van der Waals surface area contributed by atoms with Crippen LogP contribution in [0, 0.1) is 6.92 Å². The minimum absolute atomic E-state index is 0.322. The SMILES string of the molecule is Cc1ccc(S(=O)(=O)Nc2cccc(-c3cn4c(n3)SCC4)c2)s1. The molecular formula is C16H15N3O2S3. The third-order valence-corrected chi connectivity index (χ3v) is 7.54. The number of sulfonamides is 1. The van der Waals surface area contributed by atoms with E-state index in [2.05, 4.69) is 14.3 Å². The van der Waals surface area contributed by atoms with Gasteiger partial charge in [0, 0.05) is 34.6 Å². The number of aryl methyl sites for hydroxylation is 2. The van der Waals surface area contributed by atoms with E-state index in [0.717, 1.165) is 33.6 Å². The number of anilines is 1. The second-order valence-corrected chi connectivity index (χ2v) is 9.76. The van der Waals surface area contributed by atoms with Crippen molar-refractivity contribution in [3.63, 3.8) is 0 Å². The van der Waals surface area contributed by atoms with Crippen LogP contribution < -0.4 is 4.72 Å². The van der Waals surface area contributed by atoms with E-state index in [0.29, 0.717) is 9.90 Å². The van der Waals surface area contributed by atoms with Crippen LogP contribution in [0.25, 0.3) is 11.3 Å². The molecule has 0 spiro atoms. The van der Waals surface area contributed by atoms with Crippen LogP contribution in [-0.2, 0) is 16.6 Å². The first-order valence-corrected chi connectivity index (χ1v) is 10.7. The lowest BCUT2D eigenvalue weighted by Gasteiger charge is -2.07. The highest BCUT2D eigenvalue weighted by Crippen LogP contribution is 2.30. The zero-order valence-corrected chi connectivity index (χ0v) is 15.3. The van der Waals surface area contributed by atoms with E-state index in [1.807, 2.05) is 31.3 Å². The van der Waals surface area contributed by atoms with Crippen LogP contribution in [0.1, 0.15) is 4.88 Å². The fraction of sp³-hybridized carbons (Fsp3) is 0.188. The molecule has 2 aromatic heterocycles. The highest BCUT2D eigenvalue weighted by molar-refractivity contribution is 7.99. The number of imidazole rings is 1. The Hall–Kier alpha value is -1.77. The Morgan fingerprint density at radius 1 is 1.25 bits per heavy atom. The normalized spacial score (nSPS) is 13.9. The molecule has 5 nitrogen and oxygen atoms in total. The van der Waals surface area contributed by atoms with Crippen LogP contribution in [-0.4, -0.2) is 23.7 Å². The predicted molar refractivity (Wildman–Crippen MR) is 98.3 cm³/mol. The van der Waals surface area contributed by atoms with Crippen molar-refractivity contribution in [1.29, 1.82) is 0 Å². The summed E-state index contributed by atoms with van der Waals surface area (Å²) in [7, 11) is -3.55. The number of nitrogens with zero attached hydrogens (tertiary/aromatic N) is 2. The van der Waals surface area contributed by atoms with E-state index in [1.165, 1.54) is 11.3 Å². The van der Waals surface area contributed by atoms with Crippen LogP contribution in [0.4, 0.5) is 5.69 Å². The van der Waals surface area contributed by atoms with Crippen molar-refractivity contribution in [3.05, 3.63) is 47.5 Å². The Balaban J connectivity index is 1.63. The van der Waals surface area contributed by atoms with Crippen LogP contribution in [0.15, 0.2) is 52.0 Å². The molecule has 1 aliphatic rings. The van der Waals surface area contributed by atoms with Gasteiger partial charge in [-0.1, -0.05) is 23.9 Å². The quantitative estimate of drug-likeness (QED) is 0.751. The zero-order valence-electron chi connectivity index (χ0n) is 12.9. The number of fused-ring (bicyclic) bond motifs is 1. The van der Waals surface area contributed by atoms with E-state index >= 15 is 0 Å². The molecule has 0 atom stereocenters. The standard InChI is InChI=1S/C16H15N3O2S3/c1-11-5-6-15(23-11)24(20,21)18-13-4-2-3-12(9-13)14-10-19-7-8-22-16(19)17-14/h2-6,9-10,18H,7-8H2,1H3. The summed E-state index contributed by atoms with van der Waals surface area (Å²) in [6, 6.07) is 10.8. The van der Waals surface area contributed by atoms with Gasteiger partial charge in [0.1, 0.15) is 4.21 Å². The van der Waals surface area contributed by atoms with Gasteiger partial charge in [0.2, 0.25) is 0 Å². The maximum absolute atomic E-state index is 12.5. The lowest BCUT2D eigenvalue weighted by atomic mass is 10.1. The highest BCUT2D eigenvalue weighted by Gasteiger charge is 2.18. The summed E-state index contributed by atoms with van der Waals surface area (Å²) in [6.07, 6.45) is 2.02. The molecule has 0 saturated heterocycles.